The van der Waals surface area contributed by atoms with E-state index in [0.717, 1.165) is 22.3 Å². The Morgan fingerprint density at radius 3 is 2.09 bits per heavy atom. The minimum atomic E-state index is -0.909. The fourth-order valence-corrected chi connectivity index (χ4v) is 4.02. The zero-order valence-corrected chi connectivity index (χ0v) is 19.6. The number of ether oxygens (including phenoxy) is 3. The van der Waals surface area contributed by atoms with Crippen LogP contribution in [0.4, 0.5) is 4.79 Å². The van der Waals surface area contributed by atoms with Crippen molar-refractivity contribution in [3.8, 4) is 11.1 Å². The number of hydrogen-bond acceptors (Lipinski definition) is 6. The molecule has 0 spiro atoms. The monoisotopic (exact) mass is 453 g/mol. The maximum atomic E-state index is 12.5. The smallest absolute Gasteiger partial charge is 0.407 e. The molecule has 1 amide bonds. The average molecular weight is 454 g/mol. The lowest BCUT2D eigenvalue weighted by molar-refractivity contribution is -0.155. The Morgan fingerprint density at radius 1 is 0.970 bits per heavy atom. The highest BCUT2D eigenvalue weighted by Crippen LogP contribution is 2.44. The summed E-state index contributed by atoms with van der Waals surface area (Å²) in [7, 11) is 1.25. The lowest BCUT2D eigenvalue weighted by atomic mass is 9.98. The van der Waals surface area contributed by atoms with E-state index in [1.807, 2.05) is 36.4 Å². The van der Waals surface area contributed by atoms with Gasteiger partial charge in [-0.2, -0.15) is 0 Å². The summed E-state index contributed by atoms with van der Waals surface area (Å²) >= 11 is 0. The molecule has 0 aliphatic heterocycles. The molecule has 33 heavy (non-hydrogen) atoms. The van der Waals surface area contributed by atoms with Crippen molar-refractivity contribution in [3.05, 3.63) is 59.7 Å². The van der Waals surface area contributed by atoms with Crippen LogP contribution in [0.15, 0.2) is 48.5 Å². The van der Waals surface area contributed by atoms with Gasteiger partial charge in [0.25, 0.3) is 0 Å². The van der Waals surface area contributed by atoms with Crippen LogP contribution in [0.1, 0.15) is 57.1 Å². The molecule has 2 aromatic rings. The van der Waals surface area contributed by atoms with E-state index in [9.17, 15) is 14.4 Å². The first-order chi connectivity index (χ1) is 15.7. The molecule has 7 heteroatoms. The summed E-state index contributed by atoms with van der Waals surface area (Å²) in [5, 5.41) is 2.57. The third-order valence-corrected chi connectivity index (χ3v) is 5.42. The first-order valence-electron chi connectivity index (χ1n) is 11.1. The van der Waals surface area contributed by atoms with Crippen LogP contribution in [-0.2, 0) is 23.8 Å². The molecule has 0 radical (unpaired) electrons. The van der Waals surface area contributed by atoms with Gasteiger partial charge in [-0.1, -0.05) is 48.5 Å². The summed E-state index contributed by atoms with van der Waals surface area (Å²) in [4.78, 5) is 36.5. The van der Waals surface area contributed by atoms with Crippen LogP contribution in [-0.4, -0.2) is 43.4 Å². The number of benzene rings is 2. The van der Waals surface area contributed by atoms with Gasteiger partial charge in [0.05, 0.1) is 7.11 Å². The molecule has 0 bridgehead atoms. The Morgan fingerprint density at radius 2 is 1.55 bits per heavy atom. The van der Waals surface area contributed by atoms with Crippen molar-refractivity contribution >= 4 is 18.0 Å². The van der Waals surface area contributed by atoms with Crippen molar-refractivity contribution in [2.45, 2.75) is 57.6 Å². The molecule has 1 N–H and O–H groups in total. The second kappa shape index (κ2) is 10.5. The van der Waals surface area contributed by atoms with Crippen LogP contribution in [0.3, 0.4) is 0 Å². The minimum absolute atomic E-state index is 0.0769. The van der Waals surface area contributed by atoms with Crippen molar-refractivity contribution in [1.82, 2.24) is 5.32 Å². The van der Waals surface area contributed by atoms with E-state index in [-0.39, 0.29) is 31.3 Å². The summed E-state index contributed by atoms with van der Waals surface area (Å²) in [5.41, 5.74) is 3.91. The number of carbonyl (C=O) groups is 3. The van der Waals surface area contributed by atoms with Crippen LogP contribution >= 0.6 is 0 Å². The van der Waals surface area contributed by atoms with Gasteiger partial charge in [0.1, 0.15) is 18.2 Å². The molecule has 1 aliphatic carbocycles. The van der Waals surface area contributed by atoms with Crippen molar-refractivity contribution in [3.63, 3.8) is 0 Å². The number of esters is 2. The number of methoxy groups -OCH3 is 1. The molecule has 1 atom stereocenters. The molecule has 0 aromatic heterocycles. The standard InChI is InChI=1S/C26H31NO6/c1-26(2,3)33-23(28)15-9-14-22(24(29)31-4)27-25(30)32-16-21-19-12-7-5-10-17(19)18-11-6-8-13-20(18)21/h5-8,10-13,21-22H,9,14-16H2,1-4H3,(H,27,30). The highest BCUT2D eigenvalue weighted by atomic mass is 16.6. The highest BCUT2D eigenvalue weighted by molar-refractivity contribution is 5.82. The molecule has 1 aliphatic rings. The molecule has 0 saturated heterocycles. The molecule has 0 fully saturated rings. The van der Waals surface area contributed by atoms with E-state index in [4.69, 9.17) is 14.2 Å². The van der Waals surface area contributed by atoms with Crippen LogP contribution in [0, 0.1) is 0 Å². The number of rotatable bonds is 8. The van der Waals surface area contributed by atoms with Gasteiger partial charge < -0.3 is 19.5 Å². The van der Waals surface area contributed by atoms with Gasteiger partial charge in [0, 0.05) is 12.3 Å². The van der Waals surface area contributed by atoms with Gasteiger partial charge in [-0.3, -0.25) is 4.79 Å². The number of nitrogens with one attached hydrogen (secondary N) is 1. The third kappa shape index (κ3) is 6.34. The lowest BCUT2D eigenvalue weighted by Gasteiger charge is -2.20. The number of amides is 1. The fourth-order valence-electron chi connectivity index (χ4n) is 4.02. The maximum Gasteiger partial charge on any atom is 0.407 e. The molecular weight excluding hydrogens is 422 g/mol. The van der Waals surface area contributed by atoms with Crippen LogP contribution < -0.4 is 5.32 Å². The first-order valence-corrected chi connectivity index (χ1v) is 11.1. The summed E-state index contributed by atoms with van der Waals surface area (Å²) in [6.07, 6.45) is 0.0236. The molecule has 0 heterocycles. The van der Waals surface area contributed by atoms with E-state index in [1.54, 1.807) is 20.8 Å². The molecule has 3 rings (SSSR count). The summed E-state index contributed by atoms with van der Waals surface area (Å²) in [5.74, 6) is -1.02. The SMILES string of the molecule is COC(=O)C(CCCC(=O)OC(C)(C)C)NC(=O)OCC1c2ccccc2-c2ccccc21. The number of fused-ring (bicyclic) bond motifs is 3. The van der Waals surface area contributed by atoms with Gasteiger partial charge in [0.2, 0.25) is 0 Å². The largest absolute Gasteiger partial charge is 0.467 e. The van der Waals surface area contributed by atoms with Crippen molar-refractivity contribution in [2.24, 2.45) is 0 Å². The number of hydrogen-bond donors (Lipinski definition) is 1. The average Bonchev–Trinajstić information content (AvgIpc) is 3.09. The second-order valence-corrected chi connectivity index (χ2v) is 9.02. The zero-order chi connectivity index (χ0) is 24.0. The van der Waals surface area contributed by atoms with Crippen LogP contribution in [0.25, 0.3) is 11.1 Å². The van der Waals surface area contributed by atoms with E-state index in [2.05, 4.69) is 17.4 Å². The first kappa shape index (κ1) is 24.3. The summed E-state index contributed by atoms with van der Waals surface area (Å²) < 4.78 is 15.6. The van der Waals surface area contributed by atoms with Crippen molar-refractivity contribution in [1.29, 1.82) is 0 Å². The second-order valence-electron chi connectivity index (χ2n) is 9.02. The maximum absolute atomic E-state index is 12.5. The molecule has 7 nitrogen and oxygen atoms in total. The highest BCUT2D eigenvalue weighted by Gasteiger charge is 2.30. The van der Waals surface area contributed by atoms with Crippen molar-refractivity contribution < 1.29 is 28.6 Å². The Balaban J connectivity index is 1.57. The van der Waals surface area contributed by atoms with E-state index >= 15 is 0 Å². The number of carbonyl (C=O) groups excluding carboxylic acids is 3. The Bertz CT molecular complexity index is 964. The molecule has 2 aromatic carbocycles. The quantitative estimate of drug-likeness (QED) is 0.465. The van der Waals surface area contributed by atoms with E-state index in [1.165, 1.54) is 7.11 Å². The van der Waals surface area contributed by atoms with Gasteiger partial charge in [-0.05, 0) is 55.9 Å². The predicted octanol–water partition coefficient (Wildman–Crippen LogP) is 4.58. The van der Waals surface area contributed by atoms with Gasteiger partial charge >= 0.3 is 18.0 Å². The Labute approximate surface area is 194 Å². The normalized spacial score (nSPS) is 13.5. The van der Waals surface area contributed by atoms with Gasteiger partial charge in [0.15, 0.2) is 0 Å². The Hall–Kier alpha value is -3.35. The number of alkyl carbamates (subject to hydrolysis) is 1. The molecule has 0 saturated carbocycles. The van der Waals surface area contributed by atoms with E-state index in [0.29, 0.717) is 6.42 Å². The topological polar surface area (TPSA) is 90.9 Å². The summed E-state index contributed by atoms with van der Waals surface area (Å²) in [6, 6.07) is 15.2. The molecule has 176 valence electrons. The molecule has 1 unspecified atom stereocenters. The van der Waals surface area contributed by atoms with Crippen LogP contribution in [0.2, 0.25) is 0 Å². The lowest BCUT2D eigenvalue weighted by Crippen LogP contribution is -2.42. The van der Waals surface area contributed by atoms with E-state index < -0.39 is 23.7 Å². The molecular formula is C26H31NO6. The summed E-state index contributed by atoms with van der Waals surface area (Å²) in [6.45, 7) is 5.52. The third-order valence-electron chi connectivity index (χ3n) is 5.42. The minimum Gasteiger partial charge on any atom is -0.467 e. The predicted molar refractivity (Wildman–Crippen MR) is 124 cm³/mol. The Kier molecular flexibility index (Phi) is 7.74. The zero-order valence-electron chi connectivity index (χ0n) is 19.6. The van der Waals surface area contributed by atoms with Crippen molar-refractivity contribution in [2.75, 3.05) is 13.7 Å². The van der Waals surface area contributed by atoms with Gasteiger partial charge in [-0.25, -0.2) is 9.59 Å². The van der Waals surface area contributed by atoms with Gasteiger partial charge in [-0.15, -0.1) is 0 Å². The van der Waals surface area contributed by atoms with Crippen LogP contribution in [0.5, 0.6) is 0 Å². The fraction of sp³-hybridized carbons (Fsp3) is 0.423.